The number of ketones is 1. The zero-order valence-electron chi connectivity index (χ0n) is 21.1. The van der Waals surface area contributed by atoms with Crippen LogP contribution in [0.2, 0.25) is 0 Å². The van der Waals surface area contributed by atoms with Crippen LogP contribution in [0.4, 0.5) is 0 Å². The van der Waals surface area contributed by atoms with Crippen LogP contribution in [0, 0.1) is 45.8 Å². The van der Waals surface area contributed by atoms with Crippen LogP contribution in [0.5, 0.6) is 0 Å². The van der Waals surface area contributed by atoms with Gasteiger partial charge in [0.2, 0.25) is 0 Å². The maximum atomic E-state index is 13.3. The Balaban J connectivity index is 1.84. The fraction of sp³-hybridized carbons (Fsp3) is 0.929. The van der Waals surface area contributed by atoms with Crippen molar-refractivity contribution in [3.63, 3.8) is 0 Å². The fourth-order valence-corrected chi connectivity index (χ4v) is 8.42. The molecule has 0 aromatic carbocycles. The Morgan fingerprint density at radius 1 is 1.03 bits per heavy atom. The van der Waals surface area contributed by atoms with Crippen LogP contribution in [0.25, 0.3) is 0 Å². The van der Waals surface area contributed by atoms with Gasteiger partial charge in [-0.25, -0.2) is 0 Å². The summed E-state index contributed by atoms with van der Waals surface area (Å²) in [7, 11) is 0. The van der Waals surface area contributed by atoms with E-state index in [1.54, 1.807) is 0 Å². The van der Waals surface area contributed by atoms with Gasteiger partial charge in [0.25, 0.3) is 0 Å². The first-order chi connectivity index (χ1) is 14.5. The van der Waals surface area contributed by atoms with Crippen molar-refractivity contribution in [3.05, 3.63) is 0 Å². The Bertz CT molecular complexity index is 657. The molecule has 0 radical (unpaired) electrons. The number of hydrogen-bond donors (Lipinski definition) is 1. The highest BCUT2D eigenvalue weighted by molar-refractivity contribution is 5.86. The van der Waals surface area contributed by atoms with E-state index in [0.717, 1.165) is 36.9 Å². The van der Waals surface area contributed by atoms with E-state index in [1.807, 2.05) is 0 Å². The van der Waals surface area contributed by atoms with Crippen molar-refractivity contribution in [2.75, 3.05) is 0 Å². The zero-order chi connectivity index (χ0) is 23.0. The third-order valence-corrected chi connectivity index (χ3v) is 10.7. The number of carbonyl (C=O) groups is 2. The molecule has 8 atom stereocenters. The Morgan fingerprint density at radius 2 is 1.74 bits per heavy atom. The van der Waals surface area contributed by atoms with Gasteiger partial charge in [0.05, 0.1) is 6.10 Å². The molecule has 31 heavy (non-hydrogen) atoms. The van der Waals surface area contributed by atoms with Crippen molar-refractivity contribution in [2.45, 2.75) is 118 Å². The van der Waals surface area contributed by atoms with Crippen LogP contribution < -0.4 is 0 Å². The van der Waals surface area contributed by atoms with Crippen LogP contribution >= 0.6 is 0 Å². The first-order valence-electron chi connectivity index (χ1n) is 13.1. The number of aldehydes is 1. The molecule has 3 aliphatic rings. The summed E-state index contributed by atoms with van der Waals surface area (Å²) in [6.07, 6.45) is 11.6. The minimum absolute atomic E-state index is 0.148. The Morgan fingerprint density at radius 3 is 2.35 bits per heavy atom. The van der Waals surface area contributed by atoms with Gasteiger partial charge in [-0.15, -0.1) is 0 Å². The Labute approximate surface area is 191 Å². The van der Waals surface area contributed by atoms with E-state index in [0.29, 0.717) is 18.8 Å². The van der Waals surface area contributed by atoms with Crippen LogP contribution in [-0.2, 0) is 9.59 Å². The van der Waals surface area contributed by atoms with Gasteiger partial charge in [-0.3, -0.25) is 4.79 Å². The van der Waals surface area contributed by atoms with E-state index >= 15 is 0 Å². The molecule has 0 aromatic rings. The smallest absolute Gasteiger partial charge is 0.141 e. The number of hydrogen-bond acceptors (Lipinski definition) is 3. The van der Waals surface area contributed by atoms with Gasteiger partial charge in [-0.05, 0) is 78.9 Å². The summed E-state index contributed by atoms with van der Waals surface area (Å²) in [6.45, 7) is 14.1. The van der Waals surface area contributed by atoms with E-state index in [9.17, 15) is 14.7 Å². The summed E-state index contributed by atoms with van der Waals surface area (Å²) in [5.41, 5.74) is -0.273. The third-order valence-electron chi connectivity index (χ3n) is 10.7. The summed E-state index contributed by atoms with van der Waals surface area (Å²) in [5, 5.41) is 10.1. The topological polar surface area (TPSA) is 54.4 Å². The first kappa shape index (κ1) is 24.9. The fourth-order valence-electron chi connectivity index (χ4n) is 8.42. The van der Waals surface area contributed by atoms with Gasteiger partial charge >= 0.3 is 0 Å². The quantitative estimate of drug-likeness (QED) is 0.439. The van der Waals surface area contributed by atoms with E-state index in [-0.39, 0.29) is 29.0 Å². The molecule has 3 aliphatic carbocycles. The number of Topliss-reactive ketones (excluding diaryl/α,β-unsaturated/α-hetero) is 1. The highest BCUT2D eigenvalue weighted by Gasteiger charge is 2.63. The number of aliphatic hydroxyl groups is 1. The lowest BCUT2D eigenvalue weighted by atomic mass is 9.43. The van der Waals surface area contributed by atoms with E-state index in [4.69, 9.17) is 0 Å². The molecule has 0 heterocycles. The first-order valence-corrected chi connectivity index (χ1v) is 13.1. The van der Waals surface area contributed by atoms with Crippen molar-refractivity contribution in [1.29, 1.82) is 0 Å². The Kier molecular flexibility index (Phi) is 7.46. The molecule has 0 amide bonds. The molecule has 3 saturated carbocycles. The second kappa shape index (κ2) is 9.27. The molecule has 3 rings (SSSR count). The third kappa shape index (κ3) is 4.30. The number of fused-ring (bicyclic) bond motifs is 1. The van der Waals surface area contributed by atoms with Gasteiger partial charge < -0.3 is 9.90 Å². The standard InChI is InChI=1S/C28H48O3/c1-19(2)8-7-9-20(3)22-10-11-23-24(13-17-29)27(5,16-15-26(22,23)4)28(6)14-12-21(30)18-25(28)31/h17,19-24,30H,7-16,18H2,1-6H3/t20-,21+,22-,23?,24+,26-,27+,28+/m1/s1. The molecule has 0 spiro atoms. The zero-order valence-corrected chi connectivity index (χ0v) is 21.1. The van der Waals surface area contributed by atoms with Gasteiger partial charge in [0.15, 0.2) is 0 Å². The largest absolute Gasteiger partial charge is 0.393 e. The summed E-state index contributed by atoms with van der Waals surface area (Å²) < 4.78 is 0. The predicted octanol–water partition coefficient (Wildman–Crippen LogP) is 6.61. The molecular weight excluding hydrogens is 384 g/mol. The van der Waals surface area contributed by atoms with Gasteiger partial charge in [0.1, 0.15) is 12.1 Å². The van der Waals surface area contributed by atoms with Crippen molar-refractivity contribution < 1.29 is 14.7 Å². The molecule has 3 fully saturated rings. The van der Waals surface area contributed by atoms with Crippen LogP contribution in [0.3, 0.4) is 0 Å². The van der Waals surface area contributed by atoms with Crippen molar-refractivity contribution in [1.82, 2.24) is 0 Å². The monoisotopic (exact) mass is 432 g/mol. The molecule has 1 N–H and O–H groups in total. The number of carbonyl (C=O) groups excluding carboxylic acids is 2. The lowest BCUT2D eigenvalue weighted by Crippen LogP contribution is -2.57. The molecule has 0 aliphatic heterocycles. The average Bonchev–Trinajstić information content (AvgIpc) is 3.04. The van der Waals surface area contributed by atoms with Gasteiger partial charge in [0, 0.05) is 18.3 Å². The highest BCUT2D eigenvalue weighted by atomic mass is 16.3. The summed E-state index contributed by atoms with van der Waals surface area (Å²) >= 11 is 0. The van der Waals surface area contributed by atoms with E-state index in [2.05, 4.69) is 41.5 Å². The average molecular weight is 433 g/mol. The normalized spacial score (nSPS) is 44.3. The van der Waals surface area contributed by atoms with E-state index in [1.165, 1.54) is 38.5 Å². The maximum absolute atomic E-state index is 13.3. The molecule has 3 heteroatoms. The maximum Gasteiger partial charge on any atom is 0.141 e. The molecule has 0 bridgehead atoms. The highest BCUT2D eigenvalue weighted by Crippen LogP contribution is 2.69. The number of aliphatic hydroxyl groups excluding tert-OH is 1. The second-order valence-corrected chi connectivity index (χ2v) is 12.7. The van der Waals surface area contributed by atoms with Crippen molar-refractivity contribution in [2.24, 2.45) is 45.8 Å². The summed E-state index contributed by atoms with van der Waals surface area (Å²) in [6, 6.07) is 0. The van der Waals surface area contributed by atoms with Crippen molar-refractivity contribution in [3.8, 4) is 0 Å². The minimum Gasteiger partial charge on any atom is -0.393 e. The molecule has 0 aromatic heterocycles. The molecule has 178 valence electrons. The van der Waals surface area contributed by atoms with Crippen LogP contribution in [0.1, 0.15) is 112 Å². The van der Waals surface area contributed by atoms with Crippen molar-refractivity contribution >= 4 is 12.1 Å². The Hall–Kier alpha value is -0.700. The lowest BCUT2D eigenvalue weighted by Gasteiger charge is -2.61. The predicted molar refractivity (Wildman–Crippen MR) is 127 cm³/mol. The number of rotatable bonds is 8. The minimum atomic E-state index is -0.481. The molecular formula is C28H48O3. The summed E-state index contributed by atoms with van der Waals surface area (Å²) in [5.74, 6) is 3.28. The molecule has 1 unspecified atom stereocenters. The van der Waals surface area contributed by atoms with Crippen LogP contribution in [0.15, 0.2) is 0 Å². The van der Waals surface area contributed by atoms with E-state index < -0.39 is 11.5 Å². The second-order valence-electron chi connectivity index (χ2n) is 12.7. The van der Waals surface area contributed by atoms with Gasteiger partial charge in [-0.2, -0.15) is 0 Å². The lowest BCUT2D eigenvalue weighted by molar-refractivity contribution is -0.163. The molecule has 0 saturated heterocycles. The molecule has 3 nitrogen and oxygen atoms in total. The summed E-state index contributed by atoms with van der Waals surface area (Å²) in [4.78, 5) is 25.1. The SMILES string of the molecule is CC(C)CCC[C@@H](C)[C@H]1CCC2[C@H](CC=O)[C@@](C)([C@@]3(C)CC[C@H](O)CC3=O)CC[C@@]21C. The van der Waals surface area contributed by atoms with Crippen LogP contribution in [-0.4, -0.2) is 23.3 Å². The van der Waals surface area contributed by atoms with Gasteiger partial charge in [-0.1, -0.05) is 60.8 Å².